The van der Waals surface area contributed by atoms with Crippen LogP contribution in [0.4, 0.5) is 5.69 Å². The van der Waals surface area contributed by atoms with Gasteiger partial charge in [0.05, 0.1) is 25.4 Å². The maximum absolute atomic E-state index is 12.0. The summed E-state index contributed by atoms with van der Waals surface area (Å²) < 4.78 is 6.95. The Hall–Kier alpha value is -2.57. The number of aromatic nitrogens is 3. The van der Waals surface area contributed by atoms with E-state index >= 15 is 0 Å². The van der Waals surface area contributed by atoms with Crippen LogP contribution in [0.25, 0.3) is 0 Å². The van der Waals surface area contributed by atoms with E-state index in [1.807, 2.05) is 38.1 Å². The monoisotopic (exact) mass is 303 g/mol. The predicted octanol–water partition coefficient (Wildman–Crippen LogP) is 1.46. The Morgan fingerprint density at radius 1 is 1.36 bits per heavy atom. The minimum Gasteiger partial charge on any atom is -0.495 e. The van der Waals surface area contributed by atoms with Crippen LogP contribution < -0.4 is 15.4 Å². The number of carbonyl (C=O) groups excluding carboxylic acids is 1. The van der Waals surface area contributed by atoms with E-state index in [0.717, 1.165) is 5.69 Å². The number of hydrogen-bond acceptors (Lipinski definition) is 5. The van der Waals surface area contributed by atoms with Gasteiger partial charge in [0.25, 0.3) is 0 Å². The summed E-state index contributed by atoms with van der Waals surface area (Å²) in [4.78, 5) is 16.0. The number of hydrogen-bond donors (Lipinski definition) is 2. The van der Waals surface area contributed by atoms with Crippen LogP contribution in [0.2, 0.25) is 0 Å². The van der Waals surface area contributed by atoms with Gasteiger partial charge in [-0.2, -0.15) is 5.10 Å². The number of rotatable bonds is 7. The molecule has 1 aromatic carbocycles. The highest BCUT2D eigenvalue weighted by Gasteiger charge is 2.16. The molecule has 2 aromatic rings. The van der Waals surface area contributed by atoms with Crippen molar-refractivity contribution in [3.05, 3.63) is 36.9 Å². The van der Waals surface area contributed by atoms with Gasteiger partial charge in [0.15, 0.2) is 0 Å². The second kappa shape index (κ2) is 7.44. The summed E-state index contributed by atoms with van der Waals surface area (Å²) in [6, 6.07) is 7.44. The SMILES string of the molecule is COc1ccccc1NCC(=O)N[C@H](C)[C@@H](C)n1cncn1. The Labute approximate surface area is 129 Å². The van der Waals surface area contributed by atoms with Crippen molar-refractivity contribution in [2.75, 3.05) is 19.0 Å². The van der Waals surface area contributed by atoms with Gasteiger partial charge in [-0.3, -0.25) is 4.79 Å². The molecule has 0 saturated carbocycles. The molecule has 0 fully saturated rings. The van der Waals surface area contributed by atoms with Gasteiger partial charge in [-0.05, 0) is 26.0 Å². The smallest absolute Gasteiger partial charge is 0.239 e. The van der Waals surface area contributed by atoms with Crippen LogP contribution in [-0.4, -0.2) is 40.4 Å². The average molecular weight is 303 g/mol. The van der Waals surface area contributed by atoms with Gasteiger partial charge in [-0.25, -0.2) is 9.67 Å². The normalized spacial score (nSPS) is 13.2. The first kappa shape index (κ1) is 15.8. The lowest BCUT2D eigenvalue weighted by Crippen LogP contribution is -2.41. The molecule has 1 aromatic heterocycles. The van der Waals surface area contributed by atoms with Crippen molar-refractivity contribution in [3.8, 4) is 5.75 Å². The largest absolute Gasteiger partial charge is 0.495 e. The van der Waals surface area contributed by atoms with Crippen molar-refractivity contribution >= 4 is 11.6 Å². The minimum absolute atomic E-state index is 0.0257. The predicted molar refractivity (Wildman–Crippen MR) is 83.8 cm³/mol. The zero-order chi connectivity index (χ0) is 15.9. The Bertz CT molecular complexity index is 600. The second-order valence-electron chi connectivity index (χ2n) is 5.03. The molecule has 1 amide bonds. The lowest BCUT2D eigenvalue weighted by molar-refractivity contribution is -0.120. The molecule has 1 heterocycles. The zero-order valence-corrected chi connectivity index (χ0v) is 13.0. The number of amides is 1. The van der Waals surface area contributed by atoms with Crippen LogP contribution in [0.15, 0.2) is 36.9 Å². The molecule has 0 spiro atoms. The highest BCUT2D eigenvalue weighted by molar-refractivity contribution is 5.81. The molecule has 0 saturated heterocycles. The summed E-state index contributed by atoms with van der Waals surface area (Å²) >= 11 is 0. The number of anilines is 1. The molecule has 2 atom stereocenters. The lowest BCUT2D eigenvalue weighted by atomic mass is 10.2. The summed E-state index contributed by atoms with van der Waals surface area (Å²) in [5.74, 6) is 0.615. The van der Waals surface area contributed by atoms with Gasteiger partial charge in [0, 0.05) is 6.04 Å². The number of carbonyl (C=O) groups is 1. The van der Waals surface area contributed by atoms with Crippen molar-refractivity contribution < 1.29 is 9.53 Å². The van der Waals surface area contributed by atoms with E-state index in [4.69, 9.17) is 4.74 Å². The van der Waals surface area contributed by atoms with Gasteiger partial charge in [-0.1, -0.05) is 12.1 Å². The number of nitrogens with one attached hydrogen (secondary N) is 2. The second-order valence-corrected chi connectivity index (χ2v) is 5.03. The highest BCUT2D eigenvalue weighted by atomic mass is 16.5. The van der Waals surface area contributed by atoms with E-state index in [1.165, 1.54) is 6.33 Å². The van der Waals surface area contributed by atoms with Crippen LogP contribution >= 0.6 is 0 Å². The van der Waals surface area contributed by atoms with E-state index in [2.05, 4.69) is 20.7 Å². The van der Waals surface area contributed by atoms with Crippen molar-refractivity contribution in [1.82, 2.24) is 20.1 Å². The molecule has 0 unspecified atom stereocenters. The number of ether oxygens (including phenoxy) is 1. The van der Waals surface area contributed by atoms with Crippen molar-refractivity contribution in [3.63, 3.8) is 0 Å². The maximum Gasteiger partial charge on any atom is 0.239 e. The molecule has 7 nitrogen and oxygen atoms in total. The van der Waals surface area contributed by atoms with E-state index in [-0.39, 0.29) is 24.5 Å². The van der Waals surface area contributed by atoms with Gasteiger partial charge in [0.2, 0.25) is 5.91 Å². The molecule has 2 N–H and O–H groups in total. The molecular weight excluding hydrogens is 282 g/mol. The molecule has 118 valence electrons. The third-order valence-electron chi connectivity index (χ3n) is 3.51. The van der Waals surface area contributed by atoms with Gasteiger partial charge < -0.3 is 15.4 Å². The first-order valence-electron chi connectivity index (χ1n) is 7.12. The molecule has 0 aliphatic carbocycles. The van der Waals surface area contributed by atoms with Crippen molar-refractivity contribution in [2.45, 2.75) is 25.9 Å². The number of nitrogens with zero attached hydrogens (tertiary/aromatic N) is 3. The summed E-state index contributed by atoms with van der Waals surface area (Å²) in [6.45, 7) is 4.09. The molecule has 0 radical (unpaired) electrons. The average Bonchev–Trinajstić information content (AvgIpc) is 3.06. The van der Waals surface area contributed by atoms with Crippen molar-refractivity contribution in [2.24, 2.45) is 0 Å². The Balaban J connectivity index is 1.85. The molecule has 22 heavy (non-hydrogen) atoms. The van der Waals surface area contributed by atoms with Crippen LogP contribution in [0, 0.1) is 0 Å². The molecular formula is C15H21N5O2. The summed E-state index contributed by atoms with van der Waals surface area (Å²) in [5, 5.41) is 10.1. The highest BCUT2D eigenvalue weighted by Crippen LogP contribution is 2.22. The lowest BCUT2D eigenvalue weighted by Gasteiger charge is -2.21. The first-order valence-corrected chi connectivity index (χ1v) is 7.12. The standard InChI is InChI=1S/C15H21N5O2/c1-11(12(2)20-10-16-9-18-20)19-15(21)8-17-13-6-4-5-7-14(13)22-3/h4-7,9-12,17H,8H2,1-3H3,(H,19,21)/t11-,12-/m1/s1. The third kappa shape index (κ3) is 3.97. The van der Waals surface area contributed by atoms with Crippen LogP contribution in [-0.2, 0) is 4.79 Å². The number of para-hydroxylation sites is 2. The Morgan fingerprint density at radius 2 is 2.14 bits per heavy atom. The van der Waals surface area contributed by atoms with Gasteiger partial charge in [0.1, 0.15) is 18.4 Å². The summed E-state index contributed by atoms with van der Waals surface area (Å²) in [7, 11) is 1.60. The third-order valence-corrected chi connectivity index (χ3v) is 3.51. The fourth-order valence-electron chi connectivity index (χ4n) is 2.05. The van der Waals surface area contributed by atoms with Crippen LogP contribution in [0.3, 0.4) is 0 Å². The van der Waals surface area contributed by atoms with E-state index in [0.29, 0.717) is 5.75 Å². The van der Waals surface area contributed by atoms with E-state index < -0.39 is 0 Å². The zero-order valence-electron chi connectivity index (χ0n) is 13.0. The van der Waals surface area contributed by atoms with E-state index in [9.17, 15) is 4.79 Å². The minimum atomic E-state index is -0.0922. The fourth-order valence-corrected chi connectivity index (χ4v) is 2.05. The molecule has 0 bridgehead atoms. The topological polar surface area (TPSA) is 81.1 Å². The Kier molecular flexibility index (Phi) is 5.35. The number of benzene rings is 1. The molecule has 0 aliphatic rings. The molecule has 2 rings (SSSR count). The quantitative estimate of drug-likeness (QED) is 0.809. The fraction of sp³-hybridized carbons (Fsp3) is 0.400. The molecule has 0 aliphatic heterocycles. The number of methoxy groups -OCH3 is 1. The van der Waals surface area contributed by atoms with Gasteiger partial charge >= 0.3 is 0 Å². The van der Waals surface area contributed by atoms with Gasteiger partial charge in [-0.15, -0.1) is 0 Å². The maximum atomic E-state index is 12.0. The first-order chi connectivity index (χ1) is 10.6. The van der Waals surface area contributed by atoms with Crippen LogP contribution in [0.1, 0.15) is 19.9 Å². The summed E-state index contributed by atoms with van der Waals surface area (Å²) in [6.07, 6.45) is 3.12. The van der Waals surface area contributed by atoms with Crippen LogP contribution in [0.5, 0.6) is 5.75 Å². The molecule has 7 heteroatoms. The summed E-state index contributed by atoms with van der Waals surface area (Å²) in [5.41, 5.74) is 0.789. The van der Waals surface area contributed by atoms with E-state index in [1.54, 1.807) is 18.1 Å². The van der Waals surface area contributed by atoms with Crippen molar-refractivity contribution in [1.29, 1.82) is 0 Å². The Morgan fingerprint density at radius 3 is 2.82 bits per heavy atom.